The molecule has 7 nitrogen and oxygen atoms in total. The zero-order valence-electron chi connectivity index (χ0n) is 14.8. The summed E-state index contributed by atoms with van der Waals surface area (Å²) in [6.07, 6.45) is 6.16. The molecule has 0 aliphatic carbocycles. The number of nitrogens with one attached hydrogen (secondary N) is 1. The Balaban J connectivity index is 1.50. The van der Waals surface area contributed by atoms with E-state index in [-0.39, 0.29) is 11.8 Å². The minimum absolute atomic E-state index is 0.0726. The van der Waals surface area contributed by atoms with Gasteiger partial charge in [0.2, 0.25) is 15.9 Å². The number of sulfonamides is 1. The van der Waals surface area contributed by atoms with Crippen molar-refractivity contribution >= 4 is 37.9 Å². The molecule has 142 valence electrons. The molecule has 1 amide bonds. The van der Waals surface area contributed by atoms with E-state index in [1.54, 1.807) is 11.3 Å². The highest BCUT2D eigenvalue weighted by Crippen LogP contribution is 2.29. The van der Waals surface area contributed by atoms with Crippen LogP contribution in [0, 0.1) is 5.92 Å². The van der Waals surface area contributed by atoms with Gasteiger partial charge in [-0.05, 0) is 18.9 Å². The van der Waals surface area contributed by atoms with Crippen LogP contribution in [0.5, 0.6) is 0 Å². The molecule has 0 spiro atoms. The van der Waals surface area contributed by atoms with Crippen molar-refractivity contribution < 1.29 is 13.2 Å². The second kappa shape index (κ2) is 7.06. The van der Waals surface area contributed by atoms with Crippen LogP contribution >= 0.6 is 11.3 Å². The Morgan fingerprint density at radius 1 is 1.26 bits per heavy atom. The van der Waals surface area contributed by atoms with Gasteiger partial charge < -0.3 is 5.32 Å². The normalized spacial score (nSPS) is 16.6. The highest BCUT2D eigenvalue weighted by molar-refractivity contribution is 7.88. The van der Waals surface area contributed by atoms with E-state index < -0.39 is 10.0 Å². The number of hydrogen-bond acceptors (Lipinski definition) is 5. The van der Waals surface area contributed by atoms with Crippen LogP contribution in [0.1, 0.15) is 12.8 Å². The van der Waals surface area contributed by atoms with Crippen LogP contribution in [0.4, 0.5) is 5.69 Å². The third kappa shape index (κ3) is 3.76. The molecular formula is C18H20N4O3S2. The Morgan fingerprint density at radius 2 is 2.00 bits per heavy atom. The number of fused-ring (bicyclic) bond motifs is 1. The van der Waals surface area contributed by atoms with Crippen molar-refractivity contribution in [1.29, 1.82) is 0 Å². The van der Waals surface area contributed by atoms with Gasteiger partial charge in [0.1, 0.15) is 0 Å². The number of nitrogens with zero attached hydrogens (tertiary/aromatic N) is 3. The van der Waals surface area contributed by atoms with E-state index in [1.807, 2.05) is 46.4 Å². The van der Waals surface area contributed by atoms with E-state index in [2.05, 4.69) is 10.3 Å². The van der Waals surface area contributed by atoms with Gasteiger partial charge in [0.05, 0.1) is 17.6 Å². The molecular weight excluding hydrogens is 384 g/mol. The van der Waals surface area contributed by atoms with Gasteiger partial charge in [0, 0.05) is 42.3 Å². The number of aromatic nitrogens is 2. The first-order chi connectivity index (χ1) is 12.9. The highest BCUT2D eigenvalue weighted by atomic mass is 32.2. The number of benzene rings is 1. The summed E-state index contributed by atoms with van der Waals surface area (Å²) in [6, 6.07) is 7.60. The number of anilines is 1. The molecule has 4 rings (SSSR count). The van der Waals surface area contributed by atoms with Gasteiger partial charge in [-0.1, -0.05) is 18.2 Å². The number of rotatable bonds is 4. The van der Waals surface area contributed by atoms with Gasteiger partial charge in [-0.25, -0.2) is 17.7 Å². The van der Waals surface area contributed by atoms with Gasteiger partial charge in [0.15, 0.2) is 4.96 Å². The zero-order valence-corrected chi connectivity index (χ0v) is 16.5. The molecule has 27 heavy (non-hydrogen) atoms. The van der Waals surface area contributed by atoms with Crippen molar-refractivity contribution in [2.45, 2.75) is 12.8 Å². The summed E-state index contributed by atoms with van der Waals surface area (Å²) < 4.78 is 26.6. The molecule has 1 aliphatic rings. The zero-order chi connectivity index (χ0) is 19.0. The number of thiazole rings is 1. The van der Waals surface area contributed by atoms with Crippen LogP contribution in [0.2, 0.25) is 0 Å². The molecule has 1 saturated heterocycles. The molecule has 1 aliphatic heterocycles. The number of imidazole rings is 1. The summed E-state index contributed by atoms with van der Waals surface area (Å²) in [5.74, 6) is -0.266. The fraction of sp³-hybridized carbons (Fsp3) is 0.333. The van der Waals surface area contributed by atoms with Crippen LogP contribution in [0.3, 0.4) is 0 Å². The van der Waals surface area contributed by atoms with Gasteiger partial charge >= 0.3 is 0 Å². The maximum absolute atomic E-state index is 12.7. The number of hydrogen-bond donors (Lipinski definition) is 1. The van der Waals surface area contributed by atoms with Crippen molar-refractivity contribution in [3.05, 3.63) is 42.0 Å². The van der Waals surface area contributed by atoms with E-state index in [1.165, 1.54) is 10.6 Å². The second-order valence-corrected chi connectivity index (χ2v) is 9.55. The third-order valence-corrected chi connectivity index (χ3v) is 6.92. The molecule has 0 unspecified atom stereocenters. The van der Waals surface area contributed by atoms with Crippen molar-refractivity contribution in [3.63, 3.8) is 0 Å². The van der Waals surface area contributed by atoms with Gasteiger partial charge in [-0.15, -0.1) is 11.3 Å². The van der Waals surface area contributed by atoms with Crippen molar-refractivity contribution in [2.24, 2.45) is 5.92 Å². The van der Waals surface area contributed by atoms with E-state index in [9.17, 15) is 13.2 Å². The van der Waals surface area contributed by atoms with E-state index in [0.29, 0.717) is 25.9 Å². The molecule has 3 heterocycles. The topological polar surface area (TPSA) is 83.8 Å². The molecule has 2 aromatic heterocycles. The molecule has 0 radical (unpaired) electrons. The number of carbonyl (C=O) groups is 1. The second-order valence-electron chi connectivity index (χ2n) is 6.69. The quantitative estimate of drug-likeness (QED) is 0.725. The van der Waals surface area contributed by atoms with E-state index in [0.717, 1.165) is 21.9 Å². The molecule has 1 aromatic carbocycles. The summed E-state index contributed by atoms with van der Waals surface area (Å²) in [6.45, 7) is 0.770. The highest BCUT2D eigenvalue weighted by Gasteiger charge is 2.29. The van der Waals surface area contributed by atoms with Gasteiger partial charge in [-0.3, -0.25) is 9.20 Å². The number of para-hydroxylation sites is 1. The predicted molar refractivity (Wildman–Crippen MR) is 106 cm³/mol. The van der Waals surface area contributed by atoms with Crippen LogP contribution in [0.25, 0.3) is 16.2 Å². The summed E-state index contributed by atoms with van der Waals surface area (Å²) in [4.78, 5) is 18.2. The molecule has 9 heteroatoms. The summed E-state index contributed by atoms with van der Waals surface area (Å²) >= 11 is 1.56. The number of carbonyl (C=O) groups excluding carboxylic acids is 1. The molecule has 1 fully saturated rings. The lowest BCUT2D eigenvalue weighted by Gasteiger charge is -2.29. The molecule has 0 atom stereocenters. The Morgan fingerprint density at radius 3 is 2.70 bits per heavy atom. The lowest BCUT2D eigenvalue weighted by molar-refractivity contribution is -0.120. The minimum atomic E-state index is -3.19. The minimum Gasteiger partial charge on any atom is -0.325 e. The fourth-order valence-corrected chi connectivity index (χ4v) is 4.93. The Labute approximate surface area is 161 Å². The van der Waals surface area contributed by atoms with E-state index in [4.69, 9.17) is 0 Å². The molecule has 0 bridgehead atoms. The summed E-state index contributed by atoms with van der Waals surface area (Å²) in [7, 11) is -3.19. The predicted octanol–water partition coefficient (Wildman–Crippen LogP) is 2.67. The molecule has 0 saturated carbocycles. The van der Waals surface area contributed by atoms with Crippen molar-refractivity contribution in [3.8, 4) is 11.3 Å². The van der Waals surface area contributed by atoms with E-state index >= 15 is 0 Å². The van der Waals surface area contributed by atoms with Crippen LogP contribution in [-0.2, 0) is 14.8 Å². The standard InChI is InChI=1S/C18H20N4O3S2/c1-27(24,25)22-8-6-13(7-9-22)17(23)19-15-5-3-2-4-14(15)16-12-21-10-11-26-18(21)20-16/h2-5,10-13H,6-9H2,1H3,(H,19,23). The monoisotopic (exact) mass is 404 g/mol. The first kappa shape index (κ1) is 18.1. The van der Waals surface area contributed by atoms with Crippen LogP contribution < -0.4 is 5.32 Å². The Hall–Kier alpha value is -2.23. The average Bonchev–Trinajstić information content (AvgIpc) is 3.23. The first-order valence-corrected chi connectivity index (χ1v) is 11.4. The fourth-order valence-electron chi connectivity index (χ4n) is 3.36. The summed E-state index contributed by atoms with van der Waals surface area (Å²) in [5, 5.41) is 4.99. The van der Waals surface area contributed by atoms with Crippen molar-refractivity contribution in [2.75, 3.05) is 24.7 Å². The number of amides is 1. The maximum atomic E-state index is 12.7. The van der Waals surface area contributed by atoms with Crippen LogP contribution in [-0.4, -0.2) is 47.4 Å². The molecule has 3 aromatic rings. The van der Waals surface area contributed by atoms with Crippen LogP contribution in [0.15, 0.2) is 42.0 Å². The lowest BCUT2D eigenvalue weighted by atomic mass is 9.97. The van der Waals surface area contributed by atoms with Gasteiger partial charge in [-0.2, -0.15) is 0 Å². The van der Waals surface area contributed by atoms with Gasteiger partial charge in [0.25, 0.3) is 0 Å². The Kier molecular flexibility index (Phi) is 4.75. The average molecular weight is 405 g/mol. The largest absolute Gasteiger partial charge is 0.325 e. The number of piperidine rings is 1. The molecule has 1 N–H and O–H groups in total. The Bertz CT molecular complexity index is 1050. The first-order valence-electron chi connectivity index (χ1n) is 8.69. The SMILES string of the molecule is CS(=O)(=O)N1CCC(C(=O)Nc2ccccc2-c2cn3ccsc3n2)CC1. The maximum Gasteiger partial charge on any atom is 0.227 e. The van der Waals surface area contributed by atoms with Crippen molar-refractivity contribution in [1.82, 2.24) is 13.7 Å². The smallest absolute Gasteiger partial charge is 0.227 e. The third-order valence-electron chi connectivity index (χ3n) is 4.85. The lowest BCUT2D eigenvalue weighted by Crippen LogP contribution is -2.40. The summed E-state index contributed by atoms with van der Waals surface area (Å²) in [5.41, 5.74) is 2.40.